The van der Waals surface area contributed by atoms with E-state index in [9.17, 15) is 19.2 Å². The van der Waals surface area contributed by atoms with Gasteiger partial charge in [0.15, 0.2) is 6.61 Å². The molecule has 6 rings (SSSR count). The summed E-state index contributed by atoms with van der Waals surface area (Å²) in [5.41, 5.74) is 2.50. The summed E-state index contributed by atoms with van der Waals surface area (Å²) in [6, 6.07) is 29.6. The van der Waals surface area contributed by atoms with Crippen LogP contribution in [-0.4, -0.2) is 30.3 Å². The topological polar surface area (TPSA) is 92.8 Å². The van der Waals surface area contributed by atoms with Gasteiger partial charge in [-0.15, -0.1) is 0 Å². The van der Waals surface area contributed by atoms with Crippen molar-refractivity contribution in [3.63, 3.8) is 0 Å². The maximum absolute atomic E-state index is 13.3. The zero-order chi connectivity index (χ0) is 27.6. The van der Waals surface area contributed by atoms with Crippen LogP contribution in [-0.2, 0) is 19.1 Å². The van der Waals surface area contributed by atoms with E-state index in [0.717, 1.165) is 17.2 Å². The Hall–Kier alpha value is -4.78. The molecule has 40 heavy (non-hydrogen) atoms. The number of nitrogens with zero attached hydrogens (tertiary/aromatic N) is 1. The van der Waals surface area contributed by atoms with Crippen molar-refractivity contribution in [2.75, 3.05) is 16.8 Å². The molecule has 1 aliphatic carbocycles. The Morgan fingerprint density at radius 2 is 1.48 bits per heavy atom. The Balaban J connectivity index is 1.08. The van der Waals surface area contributed by atoms with E-state index in [-0.39, 0.29) is 35.1 Å². The number of hydrogen-bond acceptors (Lipinski definition) is 5. The van der Waals surface area contributed by atoms with Crippen molar-refractivity contribution in [1.29, 1.82) is 0 Å². The van der Waals surface area contributed by atoms with Gasteiger partial charge in [-0.2, -0.15) is 0 Å². The maximum atomic E-state index is 13.3. The van der Waals surface area contributed by atoms with E-state index < -0.39 is 18.5 Å². The number of nitrogens with one attached hydrogen (secondary N) is 1. The Kier molecular flexibility index (Phi) is 6.86. The molecule has 0 bridgehead atoms. The second-order valence-corrected chi connectivity index (χ2v) is 10.3. The SMILES string of the molecule is O=C(COC(=O)c1ccc(N2C(=O)[C@H]3C[C@@H](c4ccccc4)CC[C@H]3C2=O)cc1)Nc1cccc2ccccc12. The Labute approximate surface area is 231 Å². The molecule has 3 amide bonds. The largest absolute Gasteiger partial charge is 0.452 e. The van der Waals surface area contributed by atoms with Crippen LogP contribution >= 0.6 is 0 Å². The van der Waals surface area contributed by atoms with Gasteiger partial charge in [-0.25, -0.2) is 4.79 Å². The summed E-state index contributed by atoms with van der Waals surface area (Å²) in [6.45, 7) is -0.446. The molecule has 4 aromatic carbocycles. The molecule has 1 aliphatic heterocycles. The molecular weight excluding hydrogens is 504 g/mol. The van der Waals surface area contributed by atoms with Crippen molar-refractivity contribution < 1.29 is 23.9 Å². The molecule has 7 nitrogen and oxygen atoms in total. The second kappa shape index (κ2) is 10.8. The second-order valence-electron chi connectivity index (χ2n) is 10.3. The first-order valence-electron chi connectivity index (χ1n) is 13.5. The number of carbonyl (C=O) groups is 4. The van der Waals surface area contributed by atoms with E-state index >= 15 is 0 Å². The minimum Gasteiger partial charge on any atom is -0.452 e. The molecule has 0 aromatic heterocycles. The van der Waals surface area contributed by atoms with Crippen molar-refractivity contribution in [3.8, 4) is 0 Å². The lowest BCUT2D eigenvalue weighted by Crippen LogP contribution is -2.30. The van der Waals surface area contributed by atoms with Crippen LogP contribution < -0.4 is 10.2 Å². The van der Waals surface area contributed by atoms with Crippen molar-refractivity contribution in [2.45, 2.75) is 25.2 Å². The summed E-state index contributed by atoms with van der Waals surface area (Å²) in [6.07, 6.45) is 2.20. The molecule has 2 fully saturated rings. The van der Waals surface area contributed by atoms with Crippen LogP contribution in [0.15, 0.2) is 97.1 Å². The first-order valence-corrected chi connectivity index (χ1v) is 13.5. The number of carbonyl (C=O) groups excluding carboxylic acids is 4. The van der Waals surface area contributed by atoms with E-state index in [2.05, 4.69) is 17.4 Å². The first-order chi connectivity index (χ1) is 19.5. The summed E-state index contributed by atoms with van der Waals surface area (Å²) >= 11 is 0. The highest BCUT2D eigenvalue weighted by Gasteiger charge is 2.50. The standard InChI is InChI=1S/C33H28N2O5/c36-30(34-29-12-6-10-22-9-4-5-11-26(22)29)20-40-33(39)23-13-16-25(17-14-23)35-31(37)27-18-15-24(19-28(27)32(35)38)21-7-2-1-3-8-21/h1-14,16-17,24,27-28H,15,18-20H2,(H,34,36)/t24-,27+,28-/m0/s1. The van der Waals surface area contributed by atoms with Crippen LogP contribution in [0.4, 0.5) is 11.4 Å². The molecule has 2 aliphatic rings. The Morgan fingerprint density at radius 1 is 0.775 bits per heavy atom. The predicted octanol–water partition coefficient (Wildman–Crippen LogP) is 5.71. The zero-order valence-corrected chi connectivity index (χ0v) is 21.8. The van der Waals surface area contributed by atoms with Gasteiger partial charge < -0.3 is 10.1 Å². The number of imide groups is 1. The molecular formula is C33H28N2O5. The average molecular weight is 533 g/mol. The predicted molar refractivity (Wildman–Crippen MR) is 152 cm³/mol. The molecule has 3 atom stereocenters. The lowest BCUT2D eigenvalue weighted by atomic mass is 9.73. The highest BCUT2D eigenvalue weighted by atomic mass is 16.5. The minimum atomic E-state index is -0.668. The van der Waals surface area contributed by atoms with E-state index in [1.165, 1.54) is 22.6 Å². The summed E-state index contributed by atoms with van der Waals surface area (Å²) < 4.78 is 5.21. The average Bonchev–Trinajstić information content (AvgIpc) is 3.25. The number of benzene rings is 4. The molecule has 0 unspecified atom stereocenters. The molecule has 1 saturated carbocycles. The summed E-state index contributed by atoms with van der Waals surface area (Å²) in [5, 5.41) is 4.67. The third-order valence-corrected chi connectivity index (χ3v) is 7.96. The minimum absolute atomic E-state index is 0.179. The van der Waals surface area contributed by atoms with E-state index in [0.29, 0.717) is 24.2 Å². The van der Waals surface area contributed by atoms with Crippen LogP contribution in [0.5, 0.6) is 0 Å². The van der Waals surface area contributed by atoms with Gasteiger partial charge >= 0.3 is 5.97 Å². The molecule has 0 spiro atoms. The van der Waals surface area contributed by atoms with Gasteiger partial charge in [0.25, 0.3) is 5.91 Å². The van der Waals surface area contributed by atoms with Crippen LogP contribution in [0.1, 0.15) is 41.1 Å². The Morgan fingerprint density at radius 3 is 2.27 bits per heavy atom. The van der Waals surface area contributed by atoms with Gasteiger partial charge in [-0.3, -0.25) is 19.3 Å². The molecule has 0 radical (unpaired) electrons. The molecule has 1 heterocycles. The summed E-state index contributed by atoms with van der Waals surface area (Å²) in [7, 11) is 0. The molecule has 1 saturated heterocycles. The highest BCUT2D eigenvalue weighted by Crippen LogP contribution is 2.45. The third kappa shape index (κ3) is 4.86. The van der Waals surface area contributed by atoms with Gasteiger partial charge in [-0.1, -0.05) is 66.7 Å². The van der Waals surface area contributed by atoms with Crippen LogP contribution in [0.3, 0.4) is 0 Å². The summed E-state index contributed by atoms with van der Waals surface area (Å²) in [5.74, 6) is -1.87. The monoisotopic (exact) mass is 532 g/mol. The lowest BCUT2D eigenvalue weighted by molar-refractivity contribution is -0.122. The molecule has 1 N–H and O–H groups in total. The number of ether oxygens (including phenoxy) is 1. The lowest BCUT2D eigenvalue weighted by Gasteiger charge is -2.28. The normalized spacial score (nSPS) is 20.3. The van der Waals surface area contributed by atoms with Crippen molar-refractivity contribution >= 4 is 45.8 Å². The van der Waals surface area contributed by atoms with E-state index in [1.54, 1.807) is 18.2 Å². The van der Waals surface area contributed by atoms with Gasteiger partial charge in [0.1, 0.15) is 0 Å². The van der Waals surface area contributed by atoms with Gasteiger partial charge in [0, 0.05) is 11.1 Å². The quantitative estimate of drug-likeness (QED) is 0.254. The molecule has 200 valence electrons. The van der Waals surface area contributed by atoms with Crippen LogP contribution in [0, 0.1) is 11.8 Å². The van der Waals surface area contributed by atoms with Gasteiger partial charge in [-0.05, 0) is 66.5 Å². The maximum Gasteiger partial charge on any atom is 0.338 e. The highest BCUT2D eigenvalue weighted by molar-refractivity contribution is 6.22. The van der Waals surface area contributed by atoms with E-state index in [4.69, 9.17) is 4.74 Å². The van der Waals surface area contributed by atoms with Crippen molar-refractivity contribution in [3.05, 3.63) is 108 Å². The summed E-state index contributed by atoms with van der Waals surface area (Å²) in [4.78, 5) is 52.8. The fraction of sp³-hybridized carbons (Fsp3) is 0.212. The van der Waals surface area contributed by atoms with Crippen molar-refractivity contribution in [2.24, 2.45) is 11.8 Å². The van der Waals surface area contributed by atoms with Gasteiger partial charge in [0.05, 0.1) is 23.1 Å². The molecule has 4 aromatic rings. The first kappa shape index (κ1) is 25.5. The Bertz CT molecular complexity index is 1590. The number of anilines is 2. The fourth-order valence-electron chi connectivity index (χ4n) is 5.94. The van der Waals surface area contributed by atoms with Crippen LogP contribution in [0.2, 0.25) is 0 Å². The van der Waals surface area contributed by atoms with Crippen LogP contribution in [0.25, 0.3) is 10.8 Å². The third-order valence-electron chi connectivity index (χ3n) is 7.96. The number of amides is 3. The number of fused-ring (bicyclic) bond motifs is 2. The van der Waals surface area contributed by atoms with Crippen molar-refractivity contribution in [1.82, 2.24) is 0 Å². The number of esters is 1. The fourth-order valence-corrected chi connectivity index (χ4v) is 5.94. The van der Waals surface area contributed by atoms with Gasteiger partial charge in [0.2, 0.25) is 11.8 Å². The number of rotatable bonds is 6. The number of hydrogen-bond donors (Lipinski definition) is 1. The molecule has 7 heteroatoms. The van der Waals surface area contributed by atoms with E-state index in [1.807, 2.05) is 54.6 Å². The smallest absolute Gasteiger partial charge is 0.338 e. The zero-order valence-electron chi connectivity index (χ0n) is 21.8.